The summed E-state index contributed by atoms with van der Waals surface area (Å²) in [5.74, 6) is -3.01. The van der Waals surface area contributed by atoms with Crippen LogP contribution in [0.25, 0.3) is 0 Å². The first-order valence-electron chi connectivity index (χ1n) is 21.0. The molecular weight excluding hydrogens is 792 g/mol. The molecule has 5 aromatic carbocycles. The predicted octanol–water partition coefficient (Wildman–Crippen LogP) is 11.0. The van der Waals surface area contributed by atoms with E-state index in [1.54, 1.807) is 0 Å². The summed E-state index contributed by atoms with van der Waals surface area (Å²) < 4.78 is 39.4. The monoisotopic (exact) mass is 848 g/mol. The number of benzene rings is 5. The molecule has 0 bridgehead atoms. The van der Waals surface area contributed by atoms with Crippen molar-refractivity contribution in [3.63, 3.8) is 0 Å². The summed E-state index contributed by atoms with van der Waals surface area (Å²) in [7, 11) is -3.83. The minimum Gasteiger partial charge on any atom is -0.461 e. The summed E-state index contributed by atoms with van der Waals surface area (Å²) in [5.41, 5.74) is 4.23. The number of hydrogen-bond donors (Lipinski definition) is 0. The zero-order valence-electron chi connectivity index (χ0n) is 34.9. The van der Waals surface area contributed by atoms with Gasteiger partial charge in [0.15, 0.2) is 0 Å². The van der Waals surface area contributed by atoms with Crippen LogP contribution in [-0.4, -0.2) is 36.8 Å². The van der Waals surface area contributed by atoms with E-state index in [4.69, 9.17) is 28.5 Å². The molecule has 0 fully saturated rings. The second kappa shape index (κ2) is 26.1. The first kappa shape index (κ1) is 46.7. The third-order valence-electron chi connectivity index (χ3n) is 10.0. The molecule has 11 heteroatoms. The highest BCUT2D eigenvalue weighted by Gasteiger charge is 2.38. The number of carbonyl (C=O) groups is 3. The summed E-state index contributed by atoms with van der Waals surface area (Å²) in [6.07, 6.45) is 0.675. The molecule has 0 aliphatic rings. The quantitative estimate of drug-likeness (QED) is 0.0126. The lowest BCUT2D eigenvalue weighted by atomic mass is 10.1. The van der Waals surface area contributed by atoms with Crippen LogP contribution in [0.15, 0.2) is 152 Å². The molecule has 0 aliphatic carbocycles. The Hall–Kier alpha value is -5.38. The van der Waals surface area contributed by atoms with Gasteiger partial charge in [0.25, 0.3) is 0 Å². The van der Waals surface area contributed by atoms with Crippen molar-refractivity contribution in [2.24, 2.45) is 11.8 Å². The maximum Gasteiger partial charge on any atom is 0.309 e. The highest BCUT2D eigenvalue weighted by Crippen LogP contribution is 2.55. The Labute approximate surface area is 359 Å². The topological polar surface area (TPSA) is 124 Å². The molecule has 5 aromatic rings. The molecule has 5 rings (SSSR count). The van der Waals surface area contributed by atoms with E-state index >= 15 is 4.57 Å². The van der Waals surface area contributed by atoms with Gasteiger partial charge in [-0.15, -0.1) is 0 Å². The van der Waals surface area contributed by atoms with Crippen molar-refractivity contribution < 1.29 is 47.5 Å². The largest absolute Gasteiger partial charge is 0.461 e. The van der Waals surface area contributed by atoms with Gasteiger partial charge >= 0.3 is 17.9 Å². The molecule has 10 nitrogen and oxygen atoms in total. The third kappa shape index (κ3) is 17.6. The molecule has 3 unspecified atom stereocenters. The van der Waals surface area contributed by atoms with Crippen LogP contribution >= 0.6 is 7.37 Å². The van der Waals surface area contributed by atoms with Crippen molar-refractivity contribution >= 4 is 25.3 Å². The van der Waals surface area contributed by atoms with E-state index in [0.29, 0.717) is 6.42 Å². The average molecular weight is 849 g/mol. The number of carbonyl (C=O) groups excluding carboxylic acids is 3. The van der Waals surface area contributed by atoms with Crippen LogP contribution in [0, 0.1) is 11.8 Å². The molecule has 4 atom stereocenters. The molecule has 0 amide bonds. The summed E-state index contributed by atoms with van der Waals surface area (Å²) in [6.45, 7) is 2.41. The van der Waals surface area contributed by atoms with Gasteiger partial charge in [-0.1, -0.05) is 165 Å². The SMILES string of the molecule is CCC[C@@H](OP(=O)(CC(CCC(=O)OCc1ccccc1)COOCc1ccccc1)CC(CCC(=O)OCc1ccccc1)C(=O)OCc1ccccc1)c1ccccc1. The van der Waals surface area contributed by atoms with E-state index < -0.39 is 43.2 Å². The van der Waals surface area contributed by atoms with Crippen LogP contribution in [-0.2, 0) is 73.9 Å². The zero-order valence-corrected chi connectivity index (χ0v) is 35.8. The van der Waals surface area contributed by atoms with Crippen molar-refractivity contribution in [1.82, 2.24) is 0 Å². The van der Waals surface area contributed by atoms with Crippen LogP contribution in [0.3, 0.4) is 0 Å². The van der Waals surface area contributed by atoms with Gasteiger partial charge < -0.3 is 18.7 Å². The number of ether oxygens (including phenoxy) is 3. The molecule has 0 aromatic heterocycles. The molecule has 0 saturated carbocycles. The van der Waals surface area contributed by atoms with Crippen molar-refractivity contribution in [3.05, 3.63) is 179 Å². The van der Waals surface area contributed by atoms with Gasteiger partial charge in [0, 0.05) is 25.2 Å². The van der Waals surface area contributed by atoms with Crippen LogP contribution < -0.4 is 0 Å². The second-order valence-electron chi connectivity index (χ2n) is 15.0. The maximum atomic E-state index is 15.7. The van der Waals surface area contributed by atoms with E-state index in [9.17, 15) is 14.4 Å². The molecule has 0 spiro atoms. The number of rotatable bonds is 27. The van der Waals surface area contributed by atoms with Crippen molar-refractivity contribution in [1.29, 1.82) is 0 Å². The van der Waals surface area contributed by atoms with E-state index in [1.165, 1.54) is 0 Å². The Balaban J connectivity index is 1.38. The first-order valence-corrected chi connectivity index (χ1v) is 23.0. The molecule has 0 heterocycles. The predicted molar refractivity (Wildman–Crippen MR) is 234 cm³/mol. The molecule has 61 heavy (non-hydrogen) atoms. The van der Waals surface area contributed by atoms with Gasteiger partial charge in [-0.25, -0.2) is 9.78 Å². The zero-order chi connectivity index (χ0) is 43.0. The fourth-order valence-corrected chi connectivity index (χ4v) is 9.84. The van der Waals surface area contributed by atoms with Crippen LogP contribution in [0.2, 0.25) is 0 Å². The van der Waals surface area contributed by atoms with E-state index in [1.807, 2.05) is 159 Å². The summed E-state index contributed by atoms with van der Waals surface area (Å²) in [5, 5.41) is 0. The standard InChI is InChI=1S/C50H57O10P/c1-2-18-47(45-27-16-7-17-28-45)60-61(54,38-44(37-59-58-36-43-25-14-6-15-26-43)29-31-48(51)55-33-40-19-8-3-9-20-40)39-46(50(53)57-35-42-23-12-5-13-24-42)30-32-49(52)56-34-41-21-10-4-11-22-41/h3-17,19-28,44,46-47H,2,18,29-39H2,1H3/t44?,46?,47-,61?/m1/s1. The Morgan fingerprint density at radius 3 is 1.44 bits per heavy atom. The van der Waals surface area contributed by atoms with Crippen molar-refractivity contribution in [3.8, 4) is 0 Å². The average Bonchev–Trinajstić information content (AvgIpc) is 3.30. The molecule has 322 valence electrons. The van der Waals surface area contributed by atoms with Crippen molar-refractivity contribution in [2.45, 2.75) is 78.0 Å². The molecule has 0 N–H and O–H groups in total. The first-order chi connectivity index (χ1) is 29.8. The lowest BCUT2D eigenvalue weighted by molar-refractivity contribution is -0.309. The lowest BCUT2D eigenvalue weighted by Crippen LogP contribution is -2.26. The Kier molecular flexibility index (Phi) is 19.9. The van der Waals surface area contributed by atoms with Crippen LogP contribution in [0.4, 0.5) is 0 Å². The molecule has 0 saturated heterocycles. The van der Waals surface area contributed by atoms with E-state index in [2.05, 4.69) is 0 Å². The van der Waals surface area contributed by atoms with Gasteiger partial charge in [0.1, 0.15) is 26.4 Å². The molecular formula is C50H57O10P. The summed E-state index contributed by atoms with van der Waals surface area (Å²) in [6, 6.07) is 47.1. The van der Waals surface area contributed by atoms with Gasteiger partial charge in [-0.05, 0) is 53.0 Å². The Morgan fingerprint density at radius 2 is 0.951 bits per heavy atom. The highest BCUT2D eigenvalue weighted by atomic mass is 31.2. The fourth-order valence-electron chi connectivity index (χ4n) is 6.75. The smallest absolute Gasteiger partial charge is 0.309 e. The highest BCUT2D eigenvalue weighted by molar-refractivity contribution is 7.59. The third-order valence-corrected chi connectivity index (χ3v) is 12.7. The maximum absolute atomic E-state index is 15.7. The number of hydrogen-bond acceptors (Lipinski definition) is 10. The van der Waals surface area contributed by atoms with E-state index in [-0.39, 0.29) is 71.0 Å². The lowest BCUT2D eigenvalue weighted by Gasteiger charge is -2.30. The Bertz CT molecular complexity index is 2050. The second-order valence-corrected chi connectivity index (χ2v) is 17.6. The normalized spacial score (nSPS) is 13.6. The minimum atomic E-state index is -3.83. The van der Waals surface area contributed by atoms with Gasteiger partial charge in [-0.2, -0.15) is 0 Å². The van der Waals surface area contributed by atoms with E-state index in [0.717, 1.165) is 34.2 Å². The fraction of sp³-hybridized carbons (Fsp3) is 0.340. The van der Waals surface area contributed by atoms with Gasteiger partial charge in [0.2, 0.25) is 7.37 Å². The van der Waals surface area contributed by atoms with Crippen molar-refractivity contribution in [2.75, 3.05) is 18.9 Å². The number of esters is 3. The molecule has 0 aliphatic heterocycles. The Morgan fingerprint density at radius 1 is 0.508 bits per heavy atom. The summed E-state index contributed by atoms with van der Waals surface area (Å²) >= 11 is 0. The van der Waals surface area contributed by atoms with Crippen LogP contribution in [0.1, 0.15) is 79.4 Å². The molecule has 0 radical (unpaired) electrons. The van der Waals surface area contributed by atoms with Gasteiger partial charge in [0.05, 0.1) is 18.6 Å². The van der Waals surface area contributed by atoms with Gasteiger partial charge in [-0.3, -0.25) is 18.9 Å². The van der Waals surface area contributed by atoms with Crippen LogP contribution in [0.5, 0.6) is 0 Å². The minimum absolute atomic E-state index is 0.00255. The summed E-state index contributed by atoms with van der Waals surface area (Å²) in [4.78, 5) is 51.6.